The molecule has 6 heteroatoms. The molecule has 2 aromatic carbocycles. The Bertz CT molecular complexity index is 675. The Morgan fingerprint density at radius 2 is 1.90 bits per heavy atom. The van der Waals surface area contributed by atoms with E-state index in [1.54, 1.807) is 0 Å². The average Bonchev–Trinajstić information content (AvgIpc) is 2.42. The molecule has 0 fully saturated rings. The number of carboxylic acid groups (broad SMARTS) is 1. The van der Waals surface area contributed by atoms with Gasteiger partial charge < -0.3 is 14.9 Å². The first-order chi connectivity index (χ1) is 9.92. The molecule has 0 spiro atoms. The number of aromatic hydroxyl groups is 1. The maximum Gasteiger partial charge on any atom is 0.335 e. The van der Waals surface area contributed by atoms with Crippen molar-refractivity contribution in [2.24, 2.45) is 0 Å². The Morgan fingerprint density at radius 3 is 2.43 bits per heavy atom. The van der Waals surface area contributed by atoms with E-state index in [1.807, 2.05) is 0 Å². The molecule has 0 aliphatic rings. The number of carbonyl (C=O) groups is 1. The Kier molecular flexibility index (Phi) is 4.07. The highest BCUT2D eigenvalue weighted by atomic mass is 19.1. The van der Waals surface area contributed by atoms with Gasteiger partial charge in [-0.15, -0.1) is 0 Å². The molecule has 2 N–H and O–H groups in total. The summed E-state index contributed by atoms with van der Waals surface area (Å²) in [5, 5.41) is 18.5. The maximum atomic E-state index is 13.9. The van der Waals surface area contributed by atoms with E-state index in [4.69, 9.17) is 9.84 Å². The van der Waals surface area contributed by atoms with Gasteiger partial charge >= 0.3 is 5.97 Å². The molecule has 0 saturated heterocycles. The van der Waals surface area contributed by atoms with Crippen molar-refractivity contribution in [3.63, 3.8) is 0 Å². The molecule has 4 nitrogen and oxygen atoms in total. The number of aromatic carboxylic acids is 1. The Labute approximate surface area is 119 Å². The van der Waals surface area contributed by atoms with Crippen molar-refractivity contribution in [2.45, 2.75) is 6.42 Å². The van der Waals surface area contributed by atoms with Crippen molar-refractivity contribution >= 4 is 5.97 Å². The van der Waals surface area contributed by atoms with Gasteiger partial charge in [0.25, 0.3) is 0 Å². The fourth-order valence-electron chi connectivity index (χ4n) is 1.94. The SMILES string of the molecule is COc1ccc(Cc2c(O)cc(C(=O)O)cc2F)cc1F. The van der Waals surface area contributed by atoms with Gasteiger partial charge in [0.05, 0.1) is 12.7 Å². The van der Waals surface area contributed by atoms with Crippen LogP contribution in [-0.2, 0) is 6.42 Å². The summed E-state index contributed by atoms with van der Waals surface area (Å²) in [5.74, 6) is -3.22. The van der Waals surface area contributed by atoms with Crippen LogP contribution in [0.3, 0.4) is 0 Å². The van der Waals surface area contributed by atoms with Gasteiger partial charge in [-0.25, -0.2) is 13.6 Å². The monoisotopic (exact) mass is 294 g/mol. The molecule has 0 bridgehead atoms. The predicted molar refractivity (Wildman–Crippen MR) is 70.8 cm³/mol. The topological polar surface area (TPSA) is 66.8 Å². The first-order valence-corrected chi connectivity index (χ1v) is 5.99. The smallest absolute Gasteiger partial charge is 0.335 e. The lowest BCUT2D eigenvalue weighted by Crippen LogP contribution is -2.01. The minimum atomic E-state index is -1.34. The number of hydrogen-bond donors (Lipinski definition) is 2. The quantitative estimate of drug-likeness (QED) is 0.909. The largest absolute Gasteiger partial charge is 0.508 e. The number of phenols is 1. The van der Waals surface area contributed by atoms with Crippen LogP contribution in [0.25, 0.3) is 0 Å². The van der Waals surface area contributed by atoms with Crippen molar-refractivity contribution in [1.29, 1.82) is 0 Å². The lowest BCUT2D eigenvalue weighted by molar-refractivity contribution is 0.0695. The van der Waals surface area contributed by atoms with Crippen LogP contribution in [0, 0.1) is 11.6 Å². The van der Waals surface area contributed by atoms with Crippen LogP contribution in [0.2, 0.25) is 0 Å². The van der Waals surface area contributed by atoms with E-state index in [2.05, 4.69) is 0 Å². The molecule has 0 saturated carbocycles. The van der Waals surface area contributed by atoms with Crippen LogP contribution in [0.4, 0.5) is 8.78 Å². The zero-order valence-corrected chi connectivity index (χ0v) is 11.1. The van der Waals surface area contributed by atoms with E-state index in [1.165, 1.54) is 25.3 Å². The highest BCUT2D eigenvalue weighted by Crippen LogP contribution is 2.27. The van der Waals surface area contributed by atoms with E-state index in [0.717, 1.165) is 12.1 Å². The molecular weight excluding hydrogens is 282 g/mol. The zero-order chi connectivity index (χ0) is 15.6. The fraction of sp³-hybridized carbons (Fsp3) is 0.133. The van der Waals surface area contributed by atoms with Crippen molar-refractivity contribution in [3.8, 4) is 11.5 Å². The molecule has 21 heavy (non-hydrogen) atoms. The molecular formula is C15H12F2O4. The summed E-state index contributed by atoms with van der Waals surface area (Å²) < 4.78 is 32.2. The van der Waals surface area contributed by atoms with Gasteiger partial charge in [0, 0.05) is 12.0 Å². The van der Waals surface area contributed by atoms with Crippen LogP contribution in [0.1, 0.15) is 21.5 Å². The molecule has 2 rings (SSSR count). The summed E-state index contributed by atoms with van der Waals surface area (Å²) in [6.07, 6.45) is -0.0710. The average molecular weight is 294 g/mol. The zero-order valence-electron chi connectivity index (χ0n) is 11.1. The third kappa shape index (κ3) is 3.10. The summed E-state index contributed by atoms with van der Waals surface area (Å²) in [6.45, 7) is 0. The first kappa shape index (κ1) is 14.8. The fourth-order valence-corrected chi connectivity index (χ4v) is 1.94. The Morgan fingerprint density at radius 1 is 1.19 bits per heavy atom. The first-order valence-electron chi connectivity index (χ1n) is 5.99. The van der Waals surface area contributed by atoms with E-state index in [-0.39, 0.29) is 23.3 Å². The number of halogens is 2. The van der Waals surface area contributed by atoms with Gasteiger partial charge in [-0.2, -0.15) is 0 Å². The number of methoxy groups -OCH3 is 1. The normalized spacial score (nSPS) is 10.4. The Hall–Kier alpha value is -2.63. The number of carboxylic acids is 1. The van der Waals surface area contributed by atoms with E-state index < -0.39 is 23.4 Å². The molecule has 0 aromatic heterocycles. The summed E-state index contributed by atoms with van der Waals surface area (Å²) >= 11 is 0. The lowest BCUT2D eigenvalue weighted by atomic mass is 10.0. The molecule has 0 heterocycles. The minimum absolute atomic E-state index is 0.0599. The van der Waals surface area contributed by atoms with Gasteiger partial charge in [0.2, 0.25) is 0 Å². The van der Waals surface area contributed by atoms with E-state index >= 15 is 0 Å². The molecule has 0 aliphatic carbocycles. The van der Waals surface area contributed by atoms with Crippen molar-refractivity contribution in [2.75, 3.05) is 7.11 Å². The number of phenolic OH excluding ortho intramolecular Hbond substituents is 1. The molecule has 2 aromatic rings. The highest BCUT2D eigenvalue weighted by molar-refractivity contribution is 5.88. The van der Waals surface area contributed by atoms with Gasteiger partial charge in [-0.3, -0.25) is 0 Å². The summed E-state index contributed by atoms with van der Waals surface area (Å²) in [5.41, 5.74) is -0.0233. The van der Waals surface area contributed by atoms with Crippen molar-refractivity contribution in [3.05, 3.63) is 58.7 Å². The van der Waals surface area contributed by atoms with Gasteiger partial charge in [-0.05, 0) is 29.8 Å². The van der Waals surface area contributed by atoms with Crippen LogP contribution >= 0.6 is 0 Å². The maximum absolute atomic E-state index is 13.9. The van der Waals surface area contributed by atoms with Crippen LogP contribution in [0.5, 0.6) is 11.5 Å². The second-order valence-electron chi connectivity index (χ2n) is 4.41. The second kappa shape index (κ2) is 5.78. The number of ether oxygens (including phenoxy) is 1. The molecule has 0 unspecified atom stereocenters. The predicted octanol–water partition coefficient (Wildman–Crippen LogP) is 2.97. The van der Waals surface area contributed by atoms with Crippen molar-refractivity contribution < 1.29 is 28.5 Å². The summed E-state index contributed by atoms with van der Waals surface area (Å²) in [7, 11) is 1.33. The Balaban J connectivity index is 2.35. The van der Waals surface area contributed by atoms with Crippen molar-refractivity contribution in [1.82, 2.24) is 0 Å². The number of rotatable bonds is 4. The molecule has 0 amide bonds. The molecule has 110 valence electrons. The van der Waals surface area contributed by atoms with Crippen LogP contribution in [-0.4, -0.2) is 23.3 Å². The minimum Gasteiger partial charge on any atom is -0.508 e. The second-order valence-corrected chi connectivity index (χ2v) is 4.41. The number of benzene rings is 2. The van der Waals surface area contributed by atoms with Gasteiger partial charge in [-0.1, -0.05) is 6.07 Å². The molecule has 0 aliphatic heterocycles. The van der Waals surface area contributed by atoms with E-state index in [0.29, 0.717) is 5.56 Å². The third-order valence-electron chi connectivity index (χ3n) is 3.02. The summed E-state index contributed by atoms with van der Waals surface area (Å²) in [6, 6.07) is 5.87. The van der Waals surface area contributed by atoms with E-state index in [9.17, 15) is 18.7 Å². The molecule has 0 atom stereocenters. The van der Waals surface area contributed by atoms with Gasteiger partial charge in [0.1, 0.15) is 11.6 Å². The third-order valence-corrected chi connectivity index (χ3v) is 3.02. The van der Waals surface area contributed by atoms with Crippen LogP contribution < -0.4 is 4.74 Å². The standard InChI is InChI=1S/C15H12F2O4/c1-21-14-3-2-8(5-12(14)17)4-10-11(16)6-9(15(19)20)7-13(10)18/h2-3,5-7,18H,4H2,1H3,(H,19,20). The summed E-state index contributed by atoms with van der Waals surface area (Å²) in [4.78, 5) is 10.7. The number of hydrogen-bond acceptors (Lipinski definition) is 3. The lowest BCUT2D eigenvalue weighted by Gasteiger charge is -2.09. The van der Waals surface area contributed by atoms with Crippen LogP contribution in [0.15, 0.2) is 30.3 Å². The van der Waals surface area contributed by atoms with Gasteiger partial charge in [0.15, 0.2) is 11.6 Å². The highest BCUT2D eigenvalue weighted by Gasteiger charge is 2.15. The molecule has 0 radical (unpaired) electrons.